The molecule has 4 nitrogen and oxygen atoms in total. The van der Waals surface area contributed by atoms with E-state index in [2.05, 4.69) is 4.90 Å². The van der Waals surface area contributed by atoms with Crippen molar-refractivity contribution in [1.29, 1.82) is 0 Å². The van der Waals surface area contributed by atoms with E-state index in [9.17, 15) is 0 Å². The maximum absolute atomic E-state index is 5.79. The SMILES string of the molecule is c1ccc(OCC23COCN2COC3)cc1. The second kappa shape index (κ2) is 4.05. The first-order valence-electron chi connectivity index (χ1n) is 5.47. The van der Waals surface area contributed by atoms with Crippen molar-refractivity contribution in [2.75, 3.05) is 33.3 Å². The van der Waals surface area contributed by atoms with E-state index >= 15 is 0 Å². The van der Waals surface area contributed by atoms with Crippen LogP contribution in [0.3, 0.4) is 0 Å². The quantitative estimate of drug-likeness (QED) is 0.764. The van der Waals surface area contributed by atoms with E-state index in [-0.39, 0.29) is 5.54 Å². The zero-order valence-electron chi connectivity index (χ0n) is 9.09. The Balaban J connectivity index is 1.66. The Morgan fingerprint density at radius 1 is 1.12 bits per heavy atom. The highest BCUT2D eigenvalue weighted by Crippen LogP contribution is 2.29. The topological polar surface area (TPSA) is 30.9 Å². The van der Waals surface area contributed by atoms with Gasteiger partial charge in [-0.3, -0.25) is 0 Å². The van der Waals surface area contributed by atoms with Gasteiger partial charge < -0.3 is 14.2 Å². The molecule has 0 aromatic heterocycles. The van der Waals surface area contributed by atoms with E-state index in [0.29, 0.717) is 33.3 Å². The summed E-state index contributed by atoms with van der Waals surface area (Å²) in [4.78, 5) is 2.19. The third-order valence-corrected chi connectivity index (χ3v) is 3.16. The second-order valence-corrected chi connectivity index (χ2v) is 4.32. The zero-order valence-corrected chi connectivity index (χ0v) is 9.09. The molecule has 16 heavy (non-hydrogen) atoms. The summed E-state index contributed by atoms with van der Waals surface area (Å²) in [5.41, 5.74) is -0.0736. The van der Waals surface area contributed by atoms with Crippen molar-refractivity contribution in [2.45, 2.75) is 5.54 Å². The minimum Gasteiger partial charge on any atom is -0.491 e. The van der Waals surface area contributed by atoms with Crippen LogP contribution in [0.5, 0.6) is 5.75 Å². The van der Waals surface area contributed by atoms with Crippen LogP contribution in [0.1, 0.15) is 0 Å². The Morgan fingerprint density at radius 2 is 1.81 bits per heavy atom. The summed E-state index contributed by atoms with van der Waals surface area (Å²) in [6.45, 7) is 3.31. The van der Waals surface area contributed by atoms with Crippen molar-refractivity contribution in [1.82, 2.24) is 4.90 Å². The lowest BCUT2D eigenvalue weighted by atomic mass is 10.0. The van der Waals surface area contributed by atoms with Crippen LogP contribution in [-0.4, -0.2) is 43.7 Å². The minimum atomic E-state index is -0.0736. The van der Waals surface area contributed by atoms with E-state index in [0.717, 1.165) is 5.75 Å². The van der Waals surface area contributed by atoms with Gasteiger partial charge in [0.15, 0.2) is 0 Å². The molecule has 0 saturated carbocycles. The predicted octanol–water partition coefficient (Wildman–Crippen LogP) is 1.08. The van der Waals surface area contributed by atoms with Crippen molar-refractivity contribution >= 4 is 0 Å². The third-order valence-electron chi connectivity index (χ3n) is 3.16. The lowest BCUT2D eigenvalue weighted by Gasteiger charge is -2.27. The van der Waals surface area contributed by atoms with Crippen molar-refractivity contribution in [3.63, 3.8) is 0 Å². The summed E-state index contributed by atoms with van der Waals surface area (Å²) < 4.78 is 16.7. The largest absolute Gasteiger partial charge is 0.491 e. The first kappa shape index (κ1) is 10.1. The average Bonchev–Trinajstić information content (AvgIpc) is 2.87. The van der Waals surface area contributed by atoms with Crippen LogP contribution in [0.2, 0.25) is 0 Å². The lowest BCUT2D eigenvalue weighted by Crippen LogP contribution is -2.48. The van der Waals surface area contributed by atoms with Crippen LogP contribution in [-0.2, 0) is 9.47 Å². The first-order valence-corrected chi connectivity index (χ1v) is 5.47. The summed E-state index contributed by atoms with van der Waals surface area (Å²) in [5.74, 6) is 0.899. The van der Waals surface area contributed by atoms with Crippen LogP contribution in [0, 0.1) is 0 Å². The number of benzene rings is 1. The Morgan fingerprint density at radius 3 is 2.50 bits per heavy atom. The monoisotopic (exact) mass is 221 g/mol. The Bertz CT molecular complexity index is 345. The molecule has 3 rings (SSSR count). The number of hydrogen-bond donors (Lipinski definition) is 0. The number of para-hydroxylation sites is 1. The fourth-order valence-corrected chi connectivity index (χ4v) is 2.14. The van der Waals surface area contributed by atoms with Crippen molar-refractivity contribution in [2.24, 2.45) is 0 Å². The van der Waals surface area contributed by atoms with Gasteiger partial charge in [0.05, 0.1) is 13.2 Å². The molecule has 2 aliphatic heterocycles. The molecule has 0 bridgehead atoms. The molecule has 1 aromatic carbocycles. The average molecular weight is 221 g/mol. The molecule has 2 saturated heterocycles. The maximum Gasteiger partial charge on any atom is 0.119 e. The fraction of sp³-hybridized carbons (Fsp3) is 0.500. The molecule has 1 aromatic rings. The molecule has 0 aliphatic carbocycles. The number of rotatable bonds is 3. The molecular formula is C12H15NO3. The molecule has 0 N–H and O–H groups in total. The van der Waals surface area contributed by atoms with Gasteiger partial charge >= 0.3 is 0 Å². The van der Waals surface area contributed by atoms with Gasteiger partial charge in [0, 0.05) is 0 Å². The van der Waals surface area contributed by atoms with E-state index in [4.69, 9.17) is 14.2 Å². The van der Waals surface area contributed by atoms with Crippen LogP contribution in [0.4, 0.5) is 0 Å². The molecule has 0 radical (unpaired) electrons. The molecule has 0 atom stereocenters. The van der Waals surface area contributed by atoms with Crippen LogP contribution >= 0.6 is 0 Å². The van der Waals surface area contributed by atoms with Crippen molar-refractivity contribution in [3.8, 4) is 5.75 Å². The number of ether oxygens (including phenoxy) is 3. The summed E-state index contributed by atoms with van der Waals surface area (Å²) in [5, 5.41) is 0. The van der Waals surface area contributed by atoms with E-state index in [1.54, 1.807) is 0 Å². The van der Waals surface area contributed by atoms with Crippen LogP contribution < -0.4 is 4.74 Å². The van der Waals surface area contributed by atoms with Crippen LogP contribution in [0.25, 0.3) is 0 Å². The maximum atomic E-state index is 5.79. The van der Waals surface area contributed by atoms with Gasteiger partial charge in [0.1, 0.15) is 31.4 Å². The third kappa shape index (κ3) is 1.69. The number of fused-ring (bicyclic) bond motifs is 1. The zero-order chi connectivity index (χ0) is 10.8. The number of nitrogens with zero attached hydrogens (tertiary/aromatic N) is 1. The summed E-state index contributed by atoms with van der Waals surface area (Å²) in [6, 6.07) is 9.86. The van der Waals surface area contributed by atoms with Gasteiger partial charge in [0.25, 0.3) is 0 Å². The molecule has 4 heteroatoms. The van der Waals surface area contributed by atoms with Gasteiger partial charge in [0.2, 0.25) is 0 Å². The van der Waals surface area contributed by atoms with E-state index in [1.165, 1.54) is 0 Å². The van der Waals surface area contributed by atoms with Crippen molar-refractivity contribution in [3.05, 3.63) is 30.3 Å². The highest BCUT2D eigenvalue weighted by Gasteiger charge is 2.47. The fourth-order valence-electron chi connectivity index (χ4n) is 2.14. The molecule has 2 heterocycles. The Hall–Kier alpha value is -1.10. The standard InChI is InChI=1S/C12H15NO3/c1-2-4-11(5-3-1)16-8-12-6-14-9-13(12)10-15-7-12/h1-5H,6-10H2. The summed E-state index contributed by atoms with van der Waals surface area (Å²) in [6.07, 6.45) is 0. The van der Waals surface area contributed by atoms with Crippen molar-refractivity contribution < 1.29 is 14.2 Å². The molecule has 0 unspecified atom stereocenters. The molecule has 2 fully saturated rings. The molecule has 0 amide bonds. The smallest absolute Gasteiger partial charge is 0.119 e. The van der Waals surface area contributed by atoms with E-state index in [1.807, 2.05) is 30.3 Å². The van der Waals surface area contributed by atoms with Gasteiger partial charge in [-0.25, -0.2) is 4.90 Å². The first-order chi connectivity index (χ1) is 7.89. The van der Waals surface area contributed by atoms with Gasteiger partial charge in [-0.2, -0.15) is 0 Å². The molecular weight excluding hydrogens is 206 g/mol. The second-order valence-electron chi connectivity index (χ2n) is 4.32. The minimum absolute atomic E-state index is 0.0736. The highest BCUT2D eigenvalue weighted by atomic mass is 16.6. The molecule has 86 valence electrons. The summed E-state index contributed by atoms with van der Waals surface area (Å²) >= 11 is 0. The normalized spacial score (nSPS) is 23.2. The van der Waals surface area contributed by atoms with Gasteiger partial charge in [-0.15, -0.1) is 0 Å². The van der Waals surface area contributed by atoms with Crippen LogP contribution in [0.15, 0.2) is 30.3 Å². The predicted molar refractivity (Wildman–Crippen MR) is 58.1 cm³/mol. The Labute approximate surface area is 94.7 Å². The lowest BCUT2D eigenvalue weighted by molar-refractivity contribution is 0.0694. The van der Waals surface area contributed by atoms with Gasteiger partial charge in [-0.05, 0) is 12.1 Å². The summed E-state index contributed by atoms with van der Waals surface area (Å²) in [7, 11) is 0. The Kier molecular flexibility index (Phi) is 2.55. The number of hydrogen-bond acceptors (Lipinski definition) is 4. The molecule has 2 aliphatic rings. The highest BCUT2D eigenvalue weighted by molar-refractivity contribution is 5.21. The molecule has 0 spiro atoms. The van der Waals surface area contributed by atoms with Gasteiger partial charge in [-0.1, -0.05) is 18.2 Å². The van der Waals surface area contributed by atoms with E-state index < -0.39 is 0 Å².